The van der Waals surface area contributed by atoms with Crippen molar-refractivity contribution in [2.75, 3.05) is 26.2 Å². The number of hydrogen-bond donors (Lipinski definition) is 1. The van der Waals surface area contributed by atoms with E-state index in [1.807, 2.05) is 42.5 Å². The minimum Gasteiger partial charge on any atom is -0.492 e. The Labute approximate surface area is 209 Å². The van der Waals surface area contributed by atoms with Crippen LogP contribution in [-0.4, -0.2) is 44.9 Å². The average molecular weight is 521 g/mol. The third kappa shape index (κ3) is 6.21. The first-order valence-electron chi connectivity index (χ1n) is 11.1. The molecule has 34 heavy (non-hydrogen) atoms. The fraction of sp³-hybridized carbons (Fsp3) is 0.320. The van der Waals surface area contributed by atoms with Gasteiger partial charge in [0, 0.05) is 19.0 Å². The monoisotopic (exact) mass is 520 g/mol. The van der Waals surface area contributed by atoms with Crippen molar-refractivity contribution in [3.05, 3.63) is 76.3 Å². The molecule has 1 heterocycles. The summed E-state index contributed by atoms with van der Waals surface area (Å²) in [7, 11) is -3.50. The van der Waals surface area contributed by atoms with E-state index < -0.39 is 10.0 Å². The summed E-state index contributed by atoms with van der Waals surface area (Å²) in [5, 5.41) is 5.87. The Morgan fingerprint density at radius 3 is 2.44 bits per heavy atom. The van der Waals surface area contributed by atoms with Gasteiger partial charge in [-0.15, -0.1) is 0 Å². The molecule has 1 amide bonds. The highest BCUT2D eigenvalue weighted by Gasteiger charge is 2.31. The largest absolute Gasteiger partial charge is 0.492 e. The van der Waals surface area contributed by atoms with Crippen LogP contribution in [0.3, 0.4) is 0 Å². The van der Waals surface area contributed by atoms with Crippen molar-refractivity contribution in [3.63, 3.8) is 0 Å². The topological polar surface area (TPSA) is 75.7 Å². The lowest BCUT2D eigenvalue weighted by atomic mass is 9.97. The molecule has 3 aromatic rings. The molecule has 0 aliphatic carbocycles. The Bertz CT molecular complexity index is 1270. The maximum atomic E-state index is 12.8. The molecular weight excluding hydrogens is 495 g/mol. The second-order valence-corrected chi connectivity index (χ2v) is 11.1. The highest BCUT2D eigenvalue weighted by molar-refractivity contribution is 7.88. The minimum absolute atomic E-state index is 0.0661. The first-order valence-corrected chi connectivity index (χ1v) is 13.5. The Morgan fingerprint density at radius 1 is 0.971 bits per heavy atom. The van der Waals surface area contributed by atoms with Gasteiger partial charge in [-0.1, -0.05) is 59.6 Å². The molecule has 9 heteroatoms. The van der Waals surface area contributed by atoms with Crippen molar-refractivity contribution in [3.8, 4) is 5.75 Å². The van der Waals surface area contributed by atoms with Crippen LogP contribution in [0.25, 0.3) is 10.8 Å². The lowest BCUT2D eigenvalue weighted by Gasteiger charge is -2.30. The van der Waals surface area contributed by atoms with Crippen LogP contribution < -0.4 is 10.1 Å². The van der Waals surface area contributed by atoms with E-state index in [1.165, 1.54) is 4.31 Å². The van der Waals surface area contributed by atoms with Crippen molar-refractivity contribution >= 4 is 49.9 Å². The van der Waals surface area contributed by atoms with Crippen molar-refractivity contribution < 1.29 is 17.9 Å². The Hall–Kier alpha value is -2.32. The molecule has 6 nitrogen and oxygen atoms in total. The van der Waals surface area contributed by atoms with Gasteiger partial charge >= 0.3 is 0 Å². The highest BCUT2D eigenvalue weighted by atomic mass is 35.5. The molecule has 4 rings (SSSR count). The van der Waals surface area contributed by atoms with Crippen molar-refractivity contribution in [2.45, 2.75) is 18.6 Å². The summed E-state index contributed by atoms with van der Waals surface area (Å²) in [4.78, 5) is 12.5. The highest BCUT2D eigenvalue weighted by Crippen LogP contribution is 2.26. The molecule has 3 aromatic carbocycles. The van der Waals surface area contributed by atoms with Gasteiger partial charge in [-0.2, -0.15) is 0 Å². The van der Waals surface area contributed by atoms with Crippen molar-refractivity contribution in [1.29, 1.82) is 0 Å². The summed E-state index contributed by atoms with van der Waals surface area (Å²) in [6.07, 6.45) is 0.968. The molecule has 0 spiro atoms. The van der Waals surface area contributed by atoms with Crippen molar-refractivity contribution in [2.24, 2.45) is 5.92 Å². The summed E-state index contributed by atoms with van der Waals surface area (Å²) in [6.45, 7) is 1.38. The number of rotatable bonds is 8. The zero-order valence-electron chi connectivity index (χ0n) is 18.5. The minimum atomic E-state index is -3.50. The Morgan fingerprint density at radius 2 is 1.71 bits per heavy atom. The van der Waals surface area contributed by atoms with E-state index in [0.29, 0.717) is 54.7 Å². The molecule has 1 saturated heterocycles. The lowest BCUT2D eigenvalue weighted by molar-refractivity contribution is -0.126. The predicted octanol–water partition coefficient (Wildman–Crippen LogP) is 4.88. The number of benzene rings is 3. The van der Waals surface area contributed by atoms with Gasteiger partial charge in [0.25, 0.3) is 0 Å². The normalized spacial score (nSPS) is 15.4. The molecule has 0 saturated carbocycles. The van der Waals surface area contributed by atoms with Crippen LogP contribution in [0, 0.1) is 5.92 Å². The summed E-state index contributed by atoms with van der Waals surface area (Å²) in [5.74, 6) is 0.335. The van der Waals surface area contributed by atoms with Crippen LogP contribution in [0.15, 0.2) is 60.7 Å². The smallest absolute Gasteiger partial charge is 0.223 e. The van der Waals surface area contributed by atoms with E-state index in [9.17, 15) is 13.2 Å². The lowest BCUT2D eigenvalue weighted by Crippen LogP contribution is -2.43. The second kappa shape index (κ2) is 11.0. The number of nitrogens with one attached hydrogen (secondary N) is 1. The maximum Gasteiger partial charge on any atom is 0.223 e. The number of nitrogens with zero attached hydrogens (tertiary/aromatic N) is 1. The third-order valence-electron chi connectivity index (χ3n) is 5.94. The summed E-state index contributed by atoms with van der Waals surface area (Å²) >= 11 is 11.9. The van der Waals surface area contributed by atoms with E-state index in [-0.39, 0.29) is 17.6 Å². The van der Waals surface area contributed by atoms with Gasteiger partial charge in [-0.25, -0.2) is 12.7 Å². The number of carbonyl (C=O) groups excluding carboxylic acids is 1. The van der Waals surface area contributed by atoms with Crippen LogP contribution >= 0.6 is 23.2 Å². The van der Waals surface area contributed by atoms with Gasteiger partial charge in [0.2, 0.25) is 15.9 Å². The van der Waals surface area contributed by atoms with Crippen molar-refractivity contribution in [1.82, 2.24) is 9.62 Å². The molecule has 0 unspecified atom stereocenters. The van der Waals surface area contributed by atoms with Crippen LogP contribution in [-0.2, 0) is 20.6 Å². The van der Waals surface area contributed by atoms with E-state index in [1.54, 1.807) is 18.2 Å². The summed E-state index contributed by atoms with van der Waals surface area (Å²) in [5.41, 5.74) is 0.584. The molecular formula is C25H26Cl2N2O4S. The first kappa shape index (κ1) is 24.8. The van der Waals surface area contributed by atoms with Gasteiger partial charge in [0.05, 0.1) is 22.3 Å². The quantitative estimate of drug-likeness (QED) is 0.429. The predicted molar refractivity (Wildman–Crippen MR) is 136 cm³/mol. The molecule has 1 aliphatic heterocycles. The average Bonchev–Trinajstić information content (AvgIpc) is 2.84. The van der Waals surface area contributed by atoms with Crippen LogP contribution in [0.2, 0.25) is 10.0 Å². The molecule has 0 bridgehead atoms. The van der Waals surface area contributed by atoms with Crippen LogP contribution in [0.4, 0.5) is 0 Å². The standard InChI is InChI=1S/C25H26Cl2N2O4S/c26-23-8-5-18(15-24(23)27)17-34(31,32)29-12-9-20(10-13-29)25(30)28-11-14-33-22-7-6-19-3-1-2-4-21(19)16-22/h1-8,15-16,20H,9-14,17H2,(H,28,30). The number of piperidine rings is 1. The zero-order valence-corrected chi connectivity index (χ0v) is 20.9. The number of fused-ring (bicyclic) bond motifs is 1. The molecule has 1 aliphatic rings. The molecule has 1 fully saturated rings. The second-order valence-electron chi connectivity index (χ2n) is 8.33. The van der Waals surface area contributed by atoms with Crippen LogP contribution in [0.1, 0.15) is 18.4 Å². The fourth-order valence-corrected chi connectivity index (χ4v) is 5.94. The molecule has 0 radical (unpaired) electrons. The third-order valence-corrected chi connectivity index (χ3v) is 8.53. The number of ether oxygens (including phenoxy) is 1. The van der Waals surface area contributed by atoms with E-state index in [2.05, 4.69) is 5.32 Å². The molecule has 180 valence electrons. The van der Waals surface area contributed by atoms with Gasteiger partial charge in [0.1, 0.15) is 12.4 Å². The molecule has 0 atom stereocenters. The van der Waals surface area contributed by atoms with E-state index in [4.69, 9.17) is 27.9 Å². The first-order chi connectivity index (χ1) is 16.3. The van der Waals surface area contributed by atoms with Gasteiger partial charge in [-0.05, 0) is 53.4 Å². The van der Waals surface area contributed by atoms with Gasteiger partial charge in [0.15, 0.2) is 0 Å². The number of amides is 1. The van der Waals surface area contributed by atoms with Gasteiger partial charge in [-0.3, -0.25) is 4.79 Å². The number of hydrogen-bond acceptors (Lipinski definition) is 4. The maximum absolute atomic E-state index is 12.8. The zero-order chi connectivity index (χ0) is 24.1. The van der Waals surface area contributed by atoms with Gasteiger partial charge < -0.3 is 10.1 Å². The molecule has 0 aromatic heterocycles. The summed E-state index contributed by atoms with van der Waals surface area (Å²) < 4.78 is 32.8. The van der Waals surface area contributed by atoms with E-state index in [0.717, 1.165) is 16.5 Å². The number of halogens is 2. The Kier molecular flexibility index (Phi) is 7.99. The molecule has 1 N–H and O–H groups in total. The Balaban J connectivity index is 1.21. The number of sulfonamides is 1. The summed E-state index contributed by atoms with van der Waals surface area (Å²) in [6, 6.07) is 18.8. The van der Waals surface area contributed by atoms with Crippen LogP contribution in [0.5, 0.6) is 5.75 Å². The fourth-order valence-electron chi connectivity index (χ4n) is 4.07. The number of carbonyl (C=O) groups is 1. The SMILES string of the molecule is O=C(NCCOc1ccc2ccccc2c1)C1CCN(S(=O)(=O)Cc2ccc(Cl)c(Cl)c2)CC1. The van der Waals surface area contributed by atoms with E-state index >= 15 is 0 Å².